The van der Waals surface area contributed by atoms with Crippen LogP contribution < -0.4 is 14.8 Å². The molecule has 29 heavy (non-hydrogen) atoms. The Bertz CT molecular complexity index is 826. The van der Waals surface area contributed by atoms with Crippen molar-refractivity contribution in [2.45, 2.75) is 57.0 Å². The molecule has 156 valence electrons. The lowest BCUT2D eigenvalue weighted by Crippen LogP contribution is -2.52. The summed E-state index contributed by atoms with van der Waals surface area (Å²) in [4.78, 5) is 29.9. The number of piperidine rings is 1. The lowest BCUT2D eigenvalue weighted by Gasteiger charge is -2.45. The highest BCUT2D eigenvalue weighted by Crippen LogP contribution is 2.38. The summed E-state index contributed by atoms with van der Waals surface area (Å²) in [5, 5.41) is 2.93. The van der Waals surface area contributed by atoms with Gasteiger partial charge in [0.1, 0.15) is 18.8 Å². The number of nitrogens with zero attached hydrogens (tertiary/aromatic N) is 2. The van der Waals surface area contributed by atoms with Crippen LogP contribution in [0, 0.1) is 5.92 Å². The van der Waals surface area contributed by atoms with Crippen LogP contribution in [0.2, 0.25) is 0 Å². The topological polar surface area (TPSA) is 71.1 Å². The van der Waals surface area contributed by atoms with E-state index in [2.05, 4.69) is 10.2 Å². The molecule has 3 aliphatic heterocycles. The summed E-state index contributed by atoms with van der Waals surface area (Å²) in [6, 6.07) is 5.65. The van der Waals surface area contributed by atoms with Crippen molar-refractivity contribution in [2.24, 2.45) is 5.92 Å². The largest absolute Gasteiger partial charge is 0.486 e. The first-order chi connectivity index (χ1) is 14.1. The third kappa shape index (κ3) is 3.16. The van der Waals surface area contributed by atoms with Crippen LogP contribution in [0.3, 0.4) is 0 Å². The van der Waals surface area contributed by atoms with E-state index >= 15 is 0 Å². The number of rotatable bonds is 3. The Morgan fingerprint density at radius 3 is 2.69 bits per heavy atom. The first-order valence-electron chi connectivity index (χ1n) is 10.8. The second kappa shape index (κ2) is 7.20. The lowest BCUT2D eigenvalue weighted by atomic mass is 9.78. The molecule has 4 aliphatic rings. The third-order valence-electron chi connectivity index (χ3n) is 7.08. The van der Waals surface area contributed by atoms with E-state index in [1.54, 1.807) is 6.92 Å². The number of fused-ring (bicyclic) bond motifs is 2. The minimum atomic E-state index is -1.09. The number of hydrogen-bond acceptors (Lipinski definition) is 5. The molecule has 1 aromatic rings. The summed E-state index contributed by atoms with van der Waals surface area (Å²) in [5.74, 6) is 1.81. The number of amides is 3. The Labute approximate surface area is 171 Å². The molecule has 0 bridgehead atoms. The van der Waals surface area contributed by atoms with E-state index in [-0.39, 0.29) is 11.9 Å². The van der Waals surface area contributed by atoms with E-state index in [0.717, 1.165) is 18.5 Å². The summed E-state index contributed by atoms with van der Waals surface area (Å²) in [7, 11) is 0. The number of benzene rings is 1. The van der Waals surface area contributed by atoms with E-state index in [1.165, 1.54) is 37.0 Å². The zero-order valence-electron chi connectivity index (χ0n) is 17.0. The molecule has 0 radical (unpaired) electrons. The Morgan fingerprint density at radius 2 is 1.83 bits per heavy atom. The van der Waals surface area contributed by atoms with Gasteiger partial charge in [0.25, 0.3) is 5.91 Å². The lowest BCUT2D eigenvalue weighted by molar-refractivity contribution is -0.133. The molecule has 1 N–H and O–H groups in total. The Balaban J connectivity index is 1.36. The van der Waals surface area contributed by atoms with Crippen LogP contribution in [0.25, 0.3) is 0 Å². The molecular weight excluding hydrogens is 370 g/mol. The van der Waals surface area contributed by atoms with Gasteiger partial charge in [0, 0.05) is 12.6 Å². The maximum Gasteiger partial charge on any atom is 0.326 e. The van der Waals surface area contributed by atoms with Gasteiger partial charge >= 0.3 is 6.03 Å². The van der Waals surface area contributed by atoms with Gasteiger partial charge in [-0.1, -0.05) is 18.9 Å². The summed E-state index contributed by atoms with van der Waals surface area (Å²) in [6.07, 6.45) is 7.41. The van der Waals surface area contributed by atoms with Gasteiger partial charge in [-0.05, 0) is 56.2 Å². The van der Waals surface area contributed by atoms with Gasteiger partial charge in [-0.25, -0.2) is 9.69 Å². The highest BCUT2D eigenvalue weighted by molar-refractivity contribution is 6.07. The number of nitrogens with one attached hydrogen (secondary N) is 1. The molecule has 0 spiro atoms. The molecular formula is C22H29N3O4. The van der Waals surface area contributed by atoms with Crippen LogP contribution in [0.1, 0.15) is 51.0 Å². The number of imide groups is 1. The van der Waals surface area contributed by atoms with Crippen molar-refractivity contribution in [1.29, 1.82) is 0 Å². The molecule has 3 fully saturated rings. The summed E-state index contributed by atoms with van der Waals surface area (Å²) >= 11 is 0. The van der Waals surface area contributed by atoms with Gasteiger partial charge in [-0.15, -0.1) is 0 Å². The van der Waals surface area contributed by atoms with Gasteiger partial charge < -0.3 is 14.8 Å². The standard InChI is InChI=1S/C22H29N3O4/c1-22(16-8-9-18-19(13-16)29-12-11-28-18)20(26)25(21(27)23-22)14-24-10-4-6-15-5-2-3-7-17(15)24/h8-9,13,15,17H,2-7,10-12,14H2,1H3,(H,23,27)/t15-,17-,22+/m0/s1. The van der Waals surface area contributed by atoms with Crippen LogP contribution in [0.4, 0.5) is 4.79 Å². The first kappa shape index (κ1) is 18.7. The fraction of sp³-hybridized carbons (Fsp3) is 0.636. The molecule has 1 saturated carbocycles. The van der Waals surface area contributed by atoms with E-state index in [4.69, 9.17) is 9.47 Å². The van der Waals surface area contributed by atoms with Crippen molar-refractivity contribution < 1.29 is 19.1 Å². The third-order valence-corrected chi connectivity index (χ3v) is 7.08. The summed E-state index contributed by atoms with van der Waals surface area (Å²) < 4.78 is 11.2. The number of likely N-dealkylation sites (tertiary alicyclic amines) is 1. The van der Waals surface area contributed by atoms with Crippen molar-refractivity contribution in [1.82, 2.24) is 15.1 Å². The molecule has 3 atom stereocenters. The van der Waals surface area contributed by atoms with E-state index in [1.807, 2.05) is 18.2 Å². The minimum Gasteiger partial charge on any atom is -0.486 e. The zero-order valence-corrected chi connectivity index (χ0v) is 17.0. The first-order valence-corrected chi connectivity index (χ1v) is 10.8. The molecule has 5 rings (SSSR count). The van der Waals surface area contributed by atoms with Crippen molar-refractivity contribution >= 4 is 11.9 Å². The normalized spacial score (nSPS) is 32.1. The number of carbonyl (C=O) groups is 2. The minimum absolute atomic E-state index is 0.197. The number of hydrogen-bond donors (Lipinski definition) is 1. The van der Waals surface area contributed by atoms with Gasteiger partial charge in [0.2, 0.25) is 0 Å². The monoisotopic (exact) mass is 399 g/mol. The number of ether oxygens (including phenoxy) is 2. The van der Waals surface area contributed by atoms with Gasteiger partial charge in [-0.3, -0.25) is 9.69 Å². The van der Waals surface area contributed by atoms with Gasteiger partial charge in [0.05, 0.1) is 6.67 Å². The highest BCUT2D eigenvalue weighted by Gasteiger charge is 2.50. The second-order valence-electron chi connectivity index (χ2n) is 8.85. The fourth-order valence-electron chi connectivity index (χ4n) is 5.46. The Kier molecular flexibility index (Phi) is 4.65. The average Bonchev–Trinajstić information content (AvgIpc) is 2.97. The SMILES string of the molecule is C[C@]1(c2ccc3c(c2)OCCO3)NC(=O)N(CN2CCC[C@@H]3CCCC[C@@H]32)C1=O. The van der Waals surface area contributed by atoms with Crippen LogP contribution in [-0.2, 0) is 10.3 Å². The highest BCUT2D eigenvalue weighted by atomic mass is 16.6. The smallest absolute Gasteiger partial charge is 0.326 e. The molecule has 3 amide bonds. The fourth-order valence-corrected chi connectivity index (χ4v) is 5.46. The Hall–Kier alpha value is -2.28. The van der Waals surface area contributed by atoms with Crippen molar-refractivity contribution in [3.8, 4) is 11.5 Å². The average molecular weight is 399 g/mol. The Morgan fingerprint density at radius 1 is 1.07 bits per heavy atom. The summed E-state index contributed by atoms with van der Waals surface area (Å²) in [6.45, 7) is 4.12. The van der Waals surface area contributed by atoms with Crippen molar-refractivity contribution in [3.63, 3.8) is 0 Å². The predicted octanol–water partition coefficient (Wildman–Crippen LogP) is 2.84. The molecule has 2 saturated heterocycles. The molecule has 7 nitrogen and oxygen atoms in total. The molecule has 0 unspecified atom stereocenters. The van der Waals surface area contributed by atoms with Crippen LogP contribution >= 0.6 is 0 Å². The van der Waals surface area contributed by atoms with E-state index in [0.29, 0.717) is 43.3 Å². The van der Waals surface area contributed by atoms with Crippen molar-refractivity contribution in [3.05, 3.63) is 23.8 Å². The molecule has 1 aromatic carbocycles. The quantitative estimate of drug-likeness (QED) is 0.792. The maximum absolute atomic E-state index is 13.4. The number of urea groups is 1. The van der Waals surface area contributed by atoms with E-state index < -0.39 is 5.54 Å². The summed E-state index contributed by atoms with van der Waals surface area (Å²) in [5.41, 5.74) is -0.369. The van der Waals surface area contributed by atoms with Gasteiger partial charge in [-0.2, -0.15) is 0 Å². The zero-order chi connectivity index (χ0) is 20.0. The molecule has 3 heterocycles. The van der Waals surface area contributed by atoms with E-state index in [9.17, 15) is 9.59 Å². The van der Waals surface area contributed by atoms with Crippen LogP contribution in [0.15, 0.2) is 18.2 Å². The second-order valence-corrected chi connectivity index (χ2v) is 8.85. The number of carbonyl (C=O) groups excluding carboxylic acids is 2. The van der Waals surface area contributed by atoms with Gasteiger partial charge in [0.15, 0.2) is 11.5 Å². The van der Waals surface area contributed by atoms with Crippen LogP contribution in [0.5, 0.6) is 11.5 Å². The molecule has 1 aliphatic carbocycles. The molecule has 0 aromatic heterocycles. The maximum atomic E-state index is 13.4. The van der Waals surface area contributed by atoms with Crippen LogP contribution in [-0.4, -0.2) is 54.2 Å². The molecule has 7 heteroatoms. The van der Waals surface area contributed by atoms with Crippen molar-refractivity contribution in [2.75, 3.05) is 26.4 Å². The predicted molar refractivity (Wildman–Crippen MR) is 107 cm³/mol.